The van der Waals surface area contributed by atoms with Crippen molar-refractivity contribution < 1.29 is 4.92 Å². The molecular weight excluding hydrogens is 246 g/mol. The molecule has 0 bridgehead atoms. The standard InChI is InChI=1S/C12H21N5O2/c1-4-10-11(17(18)19)12(15(3)14-10)16-7-9(6-13)5-8(16)2/h8-9H,4-7,13H2,1-3H3. The molecule has 0 amide bonds. The highest BCUT2D eigenvalue weighted by atomic mass is 16.6. The van der Waals surface area contributed by atoms with Gasteiger partial charge < -0.3 is 10.6 Å². The topological polar surface area (TPSA) is 90.2 Å². The summed E-state index contributed by atoms with van der Waals surface area (Å²) in [6.45, 7) is 5.35. The maximum absolute atomic E-state index is 11.3. The van der Waals surface area contributed by atoms with Crippen LogP contribution in [0.1, 0.15) is 26.0 Å². The summed E-state index contributed by atoms with van der Waals surface area (Å²) in [6.07, 6.45) is 1.53. The van der Waals surface area contributed by atoms with E-state index in [9.17, 15) is 10.1 Å². The molecular formula is C12H21N5O2. The van der Waals surface area contributed by atoms with Crippen LogP contribution >= 0.6 is 0 Å². The first-order chi connectivity index (χ1) is 8.99. The van der Waals surface area contributed by atoms with Gasteiger partial charge in [-0.3, -0.25) is 10.1 Å². The van der Waals surface area contributed by atoms with E-state index < -0.39 is 0 Å². The molecule has 0 saturated carbocycles. The van der Waals surface area contributed by atoms with Crippen LogP contribution in [0.2, 0.25) is 0 Å². The first kappa shape index (κ1) is 13.8. The van der Waals surface area contributed by atoms with E-state index in [1.807, 2.05) is 6.92 Å². The zero-order chi connectivity index (χ0) is 14.2. The molecule has 106 valence electrons. The lowest BCUT2D eigenvalue weighted by atomic mass is 10.1. The second-order valence-electron chi connectivity index (χ2n) is 5.19. The van der Waals surface area contributed by atoms with Gasteiger partial charge in [0.1, 0.15) is 5.69 Å². The normalized spacial score (nSPS) is 23.1. The van der Waals surface area contributed by atoms with Crippen molar-refractivity contribution in [2.75, 3.05) is 18.0 Å². The van der Waals surface area contributed by atoms with Crippen LogP contribution in [0.4, 0.5) is 11.5 Å². The molecule has 7 heteroatoms. The summed E-state index contributed by atoms with van der Waals surface area (Å²) < 4.78 is 1.63. The lowest BCUT2D eigenvalue weighted by Crippen LogP contribution is -2.30. The molecule has 19 heavy (non-hydrogen) atoms. The molecule has 1 aliphatic rings. The average Bonchev–Trinajstić information content (AvgIpc) is 2.89. The van der Waals surface area contributed by atoms with Crippen molar-refractivity contribution in [3.8, 4) is 0 Å². The van der Waals surface area contributed by atoms with E-state index in [1.54, 1.807) is 11.7 Å². The minimum atomic E-state index is -0.316. The first-order valence-electron chi connectivity index (χ1n) is 6.66. The minimum absolute atomic E-state index is 0.148. The summed E-state index contributed by atoms with van der Waals surface area (Å²) in [5.74, 6) is 1.01. The highest BCUT2D eigenvalue weighted by molar-refractivity contribution is 5.62. The number of aryl methyl sites for hydroxylation is 2. The Morgan fingerprint density at radius 2 is 2.26 bits per heavy atom. The van der Waals surface area contributed by atoms with Crippen LogP contribution in [0.3, 0.4) is 0 Å². The van der Waals surface area contributed by atoms with Crippen LogP contribution < -0.4 is 10.6 Å². The van der Waals surface area contributed by atoms with Crippen molar-refractivity contribution in [1.29, 1.82) is 0 Å². The van der Waals surface area contributed by atoms with Crippen molar-refractivity contribution in [2.45, 2.75) is 32.7 Å². The fraction of sp³-hybridized carbons (Fsp3) is 0.750. The Morgan fingerprint density at radius 1 is 1.58 bits per heavy atom. The Balaban J connectivity index is 2.44. The highest BCUT2D eigenvalue weighted by Crippen LogP contribution is 2.37. The van der Waals surface area contributed by atoms with Crippen molar-refractivity contribution in [3.63, 3.8) is 0 Å². The molecule has 0 spiro atoms. The van der Waals surface area contributed by atoms with Gasteiger partial charge in [-0.2, -0.15) is 5.10 Å². The molecule has 1 aromatic heterocycles. The number of nitrogens with two attached hydrogens (primary N) is 1. The summed E-state index contributed by atoms with van der Waals surface area (Å²) in [4.78, 5) is 13.1. The molecule has 2 heterocycles. The number of nitro groups is 1. The predicted molar refractivity (Wildman–Crippen MR) is 73.2 cm³/mol. The molecule has 0 aromatic carbocycles. The van der Waals surface area contributed by atoms with Gasteiger partial charge in [0.25, 0.3) is 0 Å². The Labute approximate surface area is 112 Å². The number of aromatic nitrogens is 2. The van der Waals surface area contributed by atoms with Crippen molar-refractivity contribution in [1.82, 2.24) is 9.78 Å². The summed E-state index contributed by atoms with van der Waals surface area (Å²) in [5.41, 5.74) is 6.42. The fourth-order valence-electron chi connectivity index (χ4n) is 2.91. The number of anilines is 1. The van der Waals surface area contributed by atoms with Gasteiger partial charge in [-0.25, -0.2) is 4.68 Å². The Hall–Kier alpha value is -1.63. The largest absolute Gasteiger partial charge is 0.348 e. The van der Waals surface area contributed by atoms with Crippen molar-refractivity contribution >= 4 is 11.5 Å². The first-order valence-corrected chi connectivity index (χ1v) is 6.66. The lowest BCUT2D eigenvalue weighted by Gasteiger charge is -2.22. The monoisotopic (exact) mass is 267 g/mol. The van der Waals surface area contributed by atoms with E-state index in [0.29, 0.717) is 30.4 Å². The summed E-state index contributed by atoms with van der Waals surface area (Å²) in [7, 11) is 1.77. The molecule has 0 radical (unpaired) electrons. The molecule has 1 aromatic rings. The third kappa shape index (κ3) is 2.30. The van der Waals surface area contributed by atoms with Crippen LogP contribution in [0.5, 0.6) is 0 Å². The predicted octanol–water partition coefficient (Wildman–Crippen LogP) is 1.06. The molecule has 1 saturated heterocycles. The fourth-order valence-corrected chi connectivity index (χ4v) is 2.91. The summed E-state index contributed by atoms with van der Waals surface area (Å²) in [6, 6.07) is 0.257. The van der Waals surface area contributed by atoms with Gasteiger partial charge in [-0.1, -0.05) is 6.92 Å². The van der Waals surface area contributed by atoms with Gasteiger partial charge in [0.2, 0.25) is 5.82 Å². The second kappa shape index (κ2) is 5.16. The van der Waals surface area contributed by atoms with Crippen LogP contribution in [0.15, 0.2) is 0 Å². The number of hydrogen-bond acceptors (Lipinski definition) is 5. The Kier molecular flexibility index (Phi) is 3.75. The number of nitrogens with zero attached hydrogens (tertiary/aromatic N) is 4. The van der Waals surface area contributed by atoms with E-state index >= 15 is 0 Å². The summed E-state index contributed by atoms with van der Waals surface area (Å²) >= 11 is 0. The molecule has 1 aliphatic heterocycles. The van der Waals surface area contributed by atoms with Crippen molar-refractivity contribution in [3.05, 3.63) is 15.8 Å². The number of hydrogen-bond donors (Lipinski definition) is 1. The van der Waals surface area contributed by atoms with E-state index in [4.69, 9.17) is 5.73 Å². The zero-order valence-electron chi connectivity index (χ0n) is 11.7. The molecule has 7 nitrogen and oxygen atoms in total. The highest BCUT2D eigenvalue weighted by Gasteiger charge is 2.36. The van der Waals surface area contributed by atoms with Crippen LogP contribution in [-0.4, -0.2) is 33.8 Å². The Bertz CT molecular complexity index is 485. The maximum atomic E-state index is 11.3. The molecule has 2 rings (SSSR count). The third-order valence-corrected chi connectivity index (χ3v) is 3.85. The molecule has 2 N–H and O–H groups in total. The quantitative estimate of drug-likeness (QED) is 0.650. The van der Waals surface area contributed by atoms with Crippen molar-refractivity contribution in [2.24, 2.45) is 18.7 Å². The molecule has 2 unspecified atom stereocenters. The van der Waals surface area contributed by atoms with E-state index in [-0.39, 0.29) is 16.7 Å². The SMILES string of the molecule is CCc1nn(C)c(N2CC(CN)CC2C)c1[N+](=O)[O-]. The molecule has 2 atom stereocenters. The third-order valence-electron chi connectivity index (χ3n) is 3.85. The van der Waals surface area contributed by atoms with Gasteiger partial charge in [-0.05, 0) is 32.2 Å². The molecule has 0 aliphatic carbocycles. The molecule has 1 fully saturated rings. The summed E-state index contributed by atoms with van der Waals surface area (Å²) in [5, 5.41) is 15.6. The Morgan fingerprint density at radius 3 is 2.74 bits per heavy atom. The van der Waals surface area contributed by atoms with E-state index in [0.717, 1.165) is 13.0 Å². The van der Waals surface area contributed by atoms with Crippen LogP contribution in [-0.2, 0) is 13.5 Å². The van der Waals surface area contributed by atoms with E-state index in [2.05, 4.69) is 16.9 Å². The van der Waals surface area contributed by atoms with Gasteiger partial charge >= 0.3 is 5.69 Å². The zero-order valence-corrected chi connectivity index (χ0v) is 11.7. The lowest BCUT2D eigenvalue weighted by molar-refractivity contribution is -0.384. The van der Waals surface area contributed by atoms with Gasteiger partial charge in [0.15, 0.2) is 0 Å². The number of rotatable bonds is 4. The van der Waals surface area contributed by atoms with Crippen LogP contribution in [0, 0.1) is 16.0 Å². The van der Waals surface area contributed by atoms with Gasteiger partial charge in [0.05, 0.1) is 4.92 Å². The second-order valence-corrected chi connectivity index (χ2v) is 5.19. The van der Waals surface area contributed by atoms with Crippen LogP contribution in [0.25, 0.3) is 0 Å². The smallest absolute Gasteiger partial charge is 0.334 e. The maximum Gasteiger partial charge on any atom is 0.334 e. The van der Waals surface area contributed by atoms with E-state index in [1.165, 1.54) is 0 Å². The van der Waals surface area contributed by atoms with Gasteiger partial charge in [0, 0.05) is 19.6 Å². The average molecular weight is 267 g/mol. The minimum Gasteiger partial charge on any atom is -0.348 e. The van der Waals surface area contributed by atoms with Gasteiger partial charge in [-0.15, -0.1) is 0 Å².